The van der Waals surface area contributed by atoms with Crippen LogP contribution in [0.1, 0.15) is 40.5 Å². The van der Waals surface area contributed by atoms with E-state index in [4.69, 9.17) is 5.11 Å². The molecule has 0 aromatic rings. The Labute approximate surface area is 93.5 Å². The van der Waals surface area contributed by atoms with Crippen molar-refractivity contribution in [3.8, 4) is 6.07 Å². The van der Waals surface area contributed by atoms with Crippen LogP contribution in [0.2, 0.25) is 0 Å². The van der Waals surface area contributed by atoms with Gasteiger partial charge in [-0.3, -0.25) is 5.32 Å². The van der Waals surface area contributed by atoms with E-state index >= 15 is 0 Å². The Morgan fingerprint density at radius 2 is 1.67 bits per heavy atom. The van der Waals surface area contributed by atoms with Gasteiger partial charge in [0, 0.05) is 6.54 Å². The maximum absolute atomic E-state index is 9.31. The van der Waals surface area contributed by atoms with Crippen molar-refractivity contribution in [3.63, 3.8) is 0 Å². The molecule has 3 heteroatoms. The van der Waals surface area contributed by atoms with Crippen molar-refractivity contribution in [3.05, 3.63) is 0 Å². The molecular formula is C12H24N2O. The Balaban J connectivity index is 4.54. The number of aliphatic hydroxyl groups excluding tert-OH is 1. The van der Waals surface area contributed by atoms with Gasteiger partial charge in [0.15, 0.2) is 0 Å². The van der Waals surface area contributed by atoms with Gasteiger partial charge in [-0.05, 0) is 24.7 Å². The fourth-order valence-electron chi connectivity index (χ4n) is 2.05. The van der Waals surface area contributed by atoms with Crippen LogP contribution < -0.4 is 5.32 Å². The minimum atomic E-state index is -0.467. The highest BCUT2D eigenvalue weighted by molar-refractivity contribution is 5.07. The molecule has 0 bridgehead atoms. The van der Waals surface area contributed by atoms with Crippen molar-refractivity contribution in [2.24, 2.45) is 11.8 Å². The van der Waals surface area contributed by atoms with Gasteiger partial charge in [0.05, 0.1) is 12.7 Å². The molecule has 2 N–H and O–H groups in total. The minimum absolute atomic E-state index is 0.0830. The maximum Gasteiger partial charge on any atom is 0.107 e. The third-order valence-corrected chi connectivity index (χ3v) is 2.30. The van der Waals surface area contributed by atoms with E-state index in [1.165, 1.54) is 0 Å². The first-order valence-electron chi connectivity index (χ1n) is 5.73. The van der Waals surface area contributed by atoms with Crippen molar-refractivity contribution in [2.45, 2.75) is 46.1 Å². The lowest BCUT2D eigenvalue weighted by atomic mass is 9.83. The summed E-state index contributed by atoms with van der Waals surface area (Å²) in [6.07, 6.45) is 1.67. The number of rotatable bonds is 7. The van der Waals surface area contributed by atoms with E-state index in [2.05, 4.69) is 39.1 Å². The summed E-state index contributed by atoms with van der Waals surface area (Å²) in [5.74, 6) is 0.962. The lowest BCUT2D eigenvalue weighted by Gasteiger charge is -2.31. The van der Waals surface area contributed by atoms with E-state index in [-0.39, 0.29) is 6.61 Å². The lowest BCUT2D eigenvalue weighted by Crippen LogP contribution is -2.47. The molecule has 0 heterocycles. The largest absolute Gasteiger partial charge is 0.395 e. The van der Waals surface area contributed by atoms with Crippen LogP contribution in [0.4, 0.5) is 0 Å². The molecular weight excluding hydrogens is 188 g/mol. The molecule has 0 saturated heterocycles. The number of nitrogens with one attached hydrogen (secondary N) is 1. The second-order valence-corrected chi connectivity index (χ2v) is 5.04. The summed E-state index contributed by atoms with van der Waals surface area (Å²) in [6, 6.07) is 2.39. The Morgan fingerprint density at radius 1 is 1.20 bits per heavy atom. The van der Waals surface area contributed by atoms with Crippen LogP contribution in [-0.4, -0.2) is 23.8 Å². The molecule has 0 radical (unpaired) electrons. The van der Waals surface area contributed by atoms with Gasteiger partial charge in [0.2, 0.25) is 0 Å². The first-order chi connectivity index (χ1) is 6.95. The predicted molar refractivity (Wildman–Crippen MR) is 62.3 cm³/mol. The van der Waals surface area contributed by atoms with Crippen LogP contribution in [-0.2, 0) is 0 Å². The van der Waals surface area contributed by atoms with E-state index in [0.29, 0.717) is 18.4 Å². The molecule has 15 heavy (non-hydrogen) atoms. The highest BCUT2D eigenvalue weighted by Gasteiger charge is 2.30. The Bertz CT molecular complexity index is 196. The number of nitrogens with zero attached hydrogens (tertiary/aromatic N) is 1. The van der Waals surface area contributed by atoms with Crippen LogP contribution in [0, 0.1) is 23.2 Å². The second-order valence-electron chi connectivity index (χ2n) is 5.04. The molecule has 0 aromatic carbocycles. The fourth-order valence-corrected chi connectivity index (χ4v) is 2.05. The molecule has 0 saturated carbocycles. The maximum atomic E-state index is 9.31. The van der Waals surface area contributed by atoms with E-state index in [1.807, 2.05) is 0 Å². The molecule has 0 amide bonds. The molecule has 0 aliphatic carbocycles. The molecule has 0 atom stereocenters. The van der Waals surface area contributed by atoms with Gasteiger partial charge in [-0.1, -0.05) is 27.7 Å². The van der Waals surface area contributed by atoms with E-state index in [9.17, 15) is 5.26 Å². The molecule has 0 rings (SSSR count). The van der Waals surface area contributed by atoms with Crippen LogP contribution >= 0.6 is 0 Å². The summed E-state index contributed by atoms with van der Waals surface area (Å²) in [5.41, 5.74) is -0.467. The summed E-state index contributed by atoms with van der Waals surface area (Å²) in [7, 11) is 0. The lowest BCUT2D eigenvalue weighted by molar-refractivity contribution is 0.239. The topological polar surface area (TPSA) is 56.0 Å². The van der Waals surface area contributed by atoms with Gasteiger partial charge in [-0.15, -0.1) is 0 Å². The Morgan fingerprint density at radius 3 is 1.93 bits per heavy atom. The monoisotopic (exact) mass is 212 g/mol. The highest BCUT2D eigenvalue weighted by atomic mass is 16.3. The van der Waals surface area contributed by atoms with Gasteiger partial charge < -0.3 is 5.11 Å². The minimum Gasteiger partial charge on any atom is -0.395 e. The summed E-state index contributed by atoms with van der Waals surface area (Å²) < 4.78 is 0. The third-order valence-electron chi connectivity index (χ3n) is 2.30. The first kappa shape index (κ1) is 14.4. The molecule has 0 spiro atoms. The van der Waals surface area contributed by atoms with Crippen LogP contribution in [0.3, 0.4) is 0 Å². The van der Waals surface area contributed by atoms with Gasteiger partial charge >= 0.3 is 0 Å². The summed E-state index contributed by atoms with van der Waals surface area (Å²) >= 11 is 0. The van der Waals surface area contributed by atoms with Crippen LogP contribution in [0.25, 0.3) is 0 Å². The van der Waals surface area contributed by atoms with Crippen molar-refractivity contribution in [1.82, 2.24) is 5.32 Å². The molecule has 0 aliphatic heterocycles. The zero-order chi connectivity index (χ0) is 11.9. The predicted octanol–water partition coefficient (Wildman–Crippen LogP) is 1.92. The molecule has 0 aromatic heterocycles. The normalized spacial score (nSPS) is 12.1. The quantitative estimate of drug-likeness (QED) is 0.678. The standard InChI is InChI=1S/C12H24N2O/c1-10(2)7-12(9-13,8-11(3)4)14-5-6-15/h10-11,14-15H,5-8H2,1-4H3. The highest BCUT2D eigenvalue weighted by Crippen LogP contribution is 2.24. The van der Waals surface area contributed by atoms with Gasteiger partial charge in [0.25, 0.3) is 0 Å². The average molecular weight is 212 g/mol. The number of hydrogen-bond donors (Lipinski definition) is 2. The van der Waals surface area contributed by atoms with Crippen LogP contribution in [0.15, 0.2) is 0 Å². The van der Waals surface area contributed by atoms with E-state index in [0.717, 1.165) is 12.8 Å². The van der Waals surface area contributed by atoms with Gasteiger partial charge in [0.1, 0.15) is 5.54 Å². The average Bonchev–Trinajstić information content (AvgIpc) is 2.12. The number of β-amino-alcohol motifs (C(OH)–C–C–N with tert-alkyl or cyclic N) is 1. The first-order valence-corrected chi connectivity index (χ1v) is 5.73. The SMILES string of the molecule is CC(C)CC(C#N)(CC(C)C)NCCO. The van der Waals surface area contributed by atoms with Gasteiger partial charge in [-0.2, -0.15) is 5.26 Å². The smallest absolute Gasteiger partial charge is 0.107 e. The van der Waals surface area contributed by atoms with Crippen molar-refractivity contribution in [2.75, 3.05) is 13.2 Å². The van der Waals surface area contributed by atoms with E-state index < -0.39 is 5.54 Å². The molecule has 88 valence electrons. The second kappa shape index (κ2) is 6.81. The molecule has 0 unspecified atom stereocenters. The molecule has 0 fully saturated rings. The van der Waals surface area contributed by atoms with E-state index in [1.54, 1.807) is 0 Å². The fraction of sp³-hybridized carbons (Fsp3) is 0.917. The molecule has 0 aliphatic rings. The van der Waals surface area contributed by atoms with Crippen molar-refractivity contribution < 1.29 is 5.11 Å². The third kappa shape index (κ3) is 5.76. The zero-order valence-electron chi connectivity index (χ0n) is 10.4. The van der Waals surface area contributed by atoms with Gasteiger partial charge in [-0.25, -0.2) is 0 Å². The van der Waals surface area contributed by atoms with Crippen molar-refractivity contribution >= 4 is 0 Å². The Kier molecular flexibility index (Phi) is 6.55. The zero-order valence-corrected chi connectivity index (χ0v) is 10.4. The number of aliphatic hydroxyl groups is 1. The Hall–Kier alpha value is -0.590. The summed E-state index contributed by atoms with van der Waals surface area (Å²) in [5, 5.41) is 21.3. The van der Waals surface area contributed by atoms with Crippen molar-refractivity contribution in [1.29, 1.82) is 5.26 Å². The summed E-state index contributed by atoms with van der Waals surface area (Å²) in [6.45, 7) is 9.05. The summed E-state index contributed by atoms with van der Waals surface area (Å²) in [4.78, 5) is 0. The number of hydrogen-bond acceptors (Lipinski definition) is 3. The molecule has 3 nitrogen and oxygen atoms in total. The van der Waals surface area contributed by atoms with Crippen LogP contribution in [0.5, 0.6) is 0 Å². The number of nitriles is 1.